The van der Waals surface area contributed by atoms with Crippen LogP contribution in [0.25, 0.3) is 0 Å². The first kappa shape index (κ1) is 27.9. The van der Waals surface area contributed by atoms with Crippen molar-refractivity contribution in [3.05, 3.63) is 101 Å². The standard InChI is InChI=1S/C29H30FNO5S/c1-19(23-10-12-24(30)13-11-23)26(18-37-20(2)32)28(34)31-27(16-21-8-14-25(33)15-9-21)29(35)36-17-22-6-4-3-5-7-22/h3-15,19,26-27,33H,16-18H2,1-2H3,(H,31,34)/t19?,26?,27-/m0/s1. The number of phenols is 1. The molecule has 37 heavy (non-hydrogen) atoms. The van der Waals surface area contributed by atoms with Crippen molar-refractivity contribution in [1.82, 2.24) is 5.32 Å². The van der Waals surface area contributed by atoms with Crippen molar-refractivity contribution in [2.75, 3.05) is 5.75 Å². The normalized spacial score (nSPS) is 13.3. The van der Waals surface area contributed by atoms with Crippen molar-refractivity contribution < 1.29 is 28.6 Å². The van der Waals surface area contributed by atoms with Crippen LogP contribution in [0, 0.1) is 11.7 Å². The van der Waals surface area contributed by atoms with Gasteiger partial charge in [0.2, 0.25) is 5.91 Å². The number of phenolic OH excluding ortho intramolecular Hbond substituents is 1. The third kappa shape index (κ3) is 8.75. The van der Waals surface area contributed by atoms with Gasteiger partial charge in [0.1, 0.15) is 24.2 Å². The molecular weight excluding hydrogens is 493 g/mol. The zero-order chi connectivity index (χ0) is 26.8. The van der Waals surface area contributed by atoms with E-state index in [1.807, 2.05) is 37.3 Å². The molecule has 0 heterocycles. The number of aromatic hydroxyl groups is 1. The summed E-state index contributed by atoms with van der Waals surface area (Å²) in [5.41, 5.74) is 2.28. The zero-order valence-corrected chi connectivity index (χ0v) is 21.5. The molecule has 0 spiro atoms. The lowest BCUT2D eigenvalue weighted by Crippen LogP contribution is -2.47. The van der Waals surface area contributed by atoms with Crippen molar-refractivity contribution in [2.24, 2.45) is 5.92 Å². The van der Waals surface area contributed by atoms with Crippen LogP contribution in [0.1, 0.15) is 36.5 Å². The van der Waals surface area contributed by atoms with E-state index in [-0.39, 0.29) is 41.4 Å². The maximum absolute atomic E-state index is 13.5. The summed E-state index contributed by atoms with van der Waals surface area (Å²) in [4.78, 5) is 38.3. The van der Waals surface area contributed by atoms with Gasteiger partial charge in [-0.2, -0.15) is 0 Å². The first-order valence-corrected chi connectivity index (χ1v) is 12.9. The summed E-state index contributed by atoms with van der Waals surface area (Å²) >= 11 is 1.02. The van der Waals surface area contributed by atoms with Gasteiger partial charge in [0.05, 0.1) is 5.92 Å². The van der Waals surface area contributed by atoms with Crippen LogP contribution in [0.5, 0.6) is 5.75 Å². The molecule has 0 saturated heterocycles. The molecule has 1 amide bonds. The van der Waals surface area contributed by atoms with E-state index in [1.54, 1.807) is 24.3 Å². The molecule has 3 aromatic rings. The highest BCUT2D eigenvalue weighted by atomic mass is 32.2. The molecule has 6 nitrogen and oxygen atoms in total. The van der Waals surface area contributed by atoms with E-state index in [0.29, 0.717) is 0 Å². The Hall–Kier alpha value is -3.65. The lowest BCUT2D eigenvalue weighted by molar-refractivity contribution is -0.149. The van der Waals surface area contributed by atoms with E-state index in [1.165, 1.54) is 31.2 Å². The molecule has 0 aliphatic heterocycles. The van der Waals surface area contributed by atoms with Crippen molar-refractivity contribution in [2.45, 2.75) is 38.8 Å². The smallest absolute Gasteiger partial charge is 0.329 e. The quantitative estimate of drug-likeness (QED) is 0.344. The van der Waals surface area contributed by atoms with E-state index in [2.05, 4.69) is 5.32 Å². The molecule has 0 bridgehead atoms. The van der Waals surface area contributed by atoms with Crippen LogP contribution in [-0.4, -0.2) is 33.9 Å². The molecule has 0 aliphatic rings. The highest BCUT2D eigenvalue weighted by molar-refractivity contribution is 8.13. The number of nitrogens with one attached hydrogen (secondary N) is 1. The topological polar surface area (TPSA) is 92.7 Å². The monoisotopic (exact) mass is 523 g/mol. The first-order valence-electron chi connectivity index (χ1n) is 11.9. The average molecular weight is 524 g/mol. The molecule has 2 N–H and O–H groups in total. The van der Waals surface area contributed by atoms with E-state index < -0.39 is 23.8 Å². The Labute approximate surface area is 220 Å². The van der Waals surface area contributed by atoms with Gasteiger partial charge in [-0.25, -0.2) is 9.18 Å². The highest BCUT2D eigenvalue weighted by Crippen LogP contribution is 2.28. The van der Waals surface area contributed by atoms with Gasteiger partial charge < -0.3 is 15.2 Å². The number of hydrogen-bond acceptors (Lipinski definition) is 6. The third-order valence-corrected chi connectivity index (χ3v) is 6.94. The number of carbonyl (C=O) groups is 3. The number of esters is 1. The number of hydrogen-bond donors (Lipinski definition) is 2. The molecular formula is C29H30FNO5S. The van der Waals surface area contributed by atoms with E-state index >= 15 is 0 Å². The number of carbonyl (C=O) groups excluding carboxylic acids is 3. The van der Waals surface area contributed by atoms with Crippen molar-refractivity contribution in [3.63, 3.8) is 0 Å². The van der Waals surface area contributed by atoms with Gasteiger partial charge in [-0.1, -0.05) is 73.3 Å². The Kier molecular flexibility index (Phi) is 10.3. The van der Waals surface area contributed by atoms with Gasteiger partial charge in [-0.15, -0.1) is 0 Å². The molecule has 3 atom stereocenters. The fourth-order valence-electron chi connectivity index (χ4n) is 3.82. The largest absolute Gasteiger partial charge is 0.508 e. The number of benzene rings is 3. The number of halogens is 1. The second kappa shape index (κ2) is 13.6. The third-order valence-electron chi connectivity index (χ3n) is 6.00. The minimum atomic E-state index is -0.994. The first-order chi connectivity index (χ1) is 17.7. The summed E-state index contributed by atoms with van der Waals surface area (Å²) in [7, 11) is 0. The Morgan fingerprint density at radius 1 is 0.946 bits per heavy atom. The maximum Gasteiger partial charge on any atom is 0.329 e. The van der Waals surface area contributed by atoms with Crippen LogP contribution >= 0.6 is 11.8 Å². The molecule has 0 aromatic heterocycles. The summed E-state index contributed by atoms with van der Waals surface area (Å²) in [6, 6.07) is 20.4. The second-order valence-corrected chi connectivity index (χ2v) is 9.97. The Bertz CT molecular complexity index is 1190. The summed E-state index contributed by atoms with van der Waals surface area (Å²) < 4.78 is 19.0. The van der Waals surface area contributed by atoms with Crippen molar-refractivity contribution in [1.29, 1.82) is 0 Å². The maximum atomic E-state index is 13.5. The van der Waals surface area contributed by atoms with E-state index in [9.17, 15) is 23.9 Å². The highest BCUT2D eigenvalue weighted by Gasteiger charge is 2.31. The Morgan fingerprint density at radius 3 is 2.22 bits per heavy atom. The molecule has 3 rings (SSSR count). The fraction of sp³-hybridized carbons (Fsp3) is 0.276. The number of rotatable bonds is 11. The fourth-order valence-corrected chi connectivity index (χ4v) is 4.68. The second-order valence-electron chi connectivity index (χ2n) is 8.77. The molecule has 0 aliphatic carbocycles. The molecule has 0 fully saturated rings. The summed E-state index contributed by atoms with van der Waals surface area (Å²) in [5, 5.41) is 12.3. The zero-order valence-electron chi connectivity index (χ0n) is 20.7. The average Bonchev–Trinajstić information content (AvgIpc) is 2.89. The summed E-state index contributed by atoms with van der Waals surface area (Å²) in [5.74, 6) is -2.12. The van der Waals surface area contributed by atoms with Crippen LogP contribution in [0.4, 0.5) is 4.39 Å². The number of ether oxygens (including phenoxy) is 1. The molecule has 8 heteroatoms. The van der Waals surface area contributed by atoms with E-state index in [0.717, 1.165) is 28.5 Å². The van der Waals surface area contributed by atoms with Crippen LogP contribution in [0.15, 0.2) is 78.9 Å². The van der Waals surface area contributed by atoms with Gasteiger partial charge in [-0.3, -0.25) is 9.59 Å². The van der Waals surface area contributed by atoms with Gasteiger partial charge in [0.15, 0.2) is 5.12 Å². The van der Waals surface area contributed by atoms with Gasteiger partial charge in [-0.05, 0) is 46.9 Å². The predicted octanol–water partition coefficient (Wildman–Crippen LogP) is 5.00. The van der Waals surface area contributed by atoms with E-state index in [4.69, 9.17) is 4.74 Å². The molecule has 194 valence electrons. The minimum absolute atomic E-state index is 0.0528. The van der Waals surface area contributed by atoms with Crippen LogP contribution in [0.2, 0.25) is 0 Å². The number of amides is 1. The van der Waals surface area contributed by atoms with Crippen LogP contribution in [-0.2, 0) is 32.1 Å². The SMILES string of the molecule is CC(=O)SCC(C(=O)N[C@@H](Cc1ccc(O)cc1)C(=O)OCc1ccccc1)C(C)c1ccc(F)cc1. The van der Waals surface area contributed by atoms with Crippen molar-refractivity contribution in [3.8, 4) is 5.75 Å². The minimum Gasteiger partial charge on any atom is -0.508 e. The molecule has 0 radical (unpaired) electrons. The number of thioether (sulfide) groups is 1. The predicted molar refractivity (Wildman–Crippen MR) is 141 cm³/mol. The van der Waals surface area contributed by atoms with Gasteiger partial charge in [0, 0.05) is 19.1 Å². The summed E-state index contributed by atoms with van der Waals surface area (Å²) in [6.45, 7) is 3.31. The molecule has 0 saturated carbocycles. The van der Waals surface area contributed by atoms with Gasteiger partial charge >= 0.3 is 5.97 Å². The summed E-state index contributed by atoms with van der Waals surface area (Å²) in [6.07, 6.45) is 0.150. The van der Waals surface area contributed by atoms with Crippen LogP contribution < -0.4 is 5.32 Å². The Morgan fingerprint density at radius 2 is 1.59 bits per heavy atom. The Balaban J connectivity index is 1.80. The molecule has 2 unspecified atom stereocenters. The molecule has 3 aromatic carbocycles. The van der Waals surface area contributed by atoms with Gasteiger partial charge in [0.25, 0.3) is 0 Å². The lowest BCUT2D eigenvalue weighted by atomic mass is 9.87. The lowest BCUT2D eigenvalue weighted by Gasteiger charge is -2.26. The van der Waals surface area contributed by atoms with Crippen molar-refractivity contribution >= 4 is 28.8 Å². The van der Waals surface area contributed by atoms with Crippen LogP contribution in [0.3, 0.4) is 0 Å².